The monoisotopic (exact) mass is 274 g/mol. The van der Waals surface area contributed by atoms with Crippen LogP contribution in [0.25, 0.3) is 0 Å². The van der Waals surface area contributed by atoms with Gasteiger partial charge in [0.15, 0.2) is 0 Å². The van der Waals surface area contributed by atoms with Crippen LogP contribution in [0.15, 0.2) is 48.7 Å². The molecule has 0 spiro atoms. The van der Waals surface area contributed by atoms with E-state index in [1.54, 1.807) is 18.3 Å². The van der Waals surface area contributed by atoms with E-state index in [-0.39, 0.29) is 11.9 Å². The topological polar surface area (TPSA) is 45.1 Å². The van der Waals surface area contributed by atoms with Crippen molar-refractivity contribution in [2.75, 3.05) is 0 Å². The molecule has 0 saturated heterocycles. The lowest BCUT2D eigenvalue weighted by atomic mass is 10.0. The predicted octanol–water partition coefficient (Wildman–Crippen LogP) is 2.82. The third kappa shape index (κ3) is 4.40. The van der Waals surface area contributed by atoms with Crippen LogP contribution < -0.4 is 5.32 Å². The summed E-state index contributed by atoms with van der Waals surface area (Å²) in [6.45, 7) is 2.67. The molecule has 0 unspecified atom stereocenters. The molecule has 0 amide bonds. The summed E-state index contributed by atoms with van der Waals surface area (Å²) in [5.41, 5.74) is 1.70. The maximum absolute atomic E-state index is 12.8. The summed E-state index contributed by atoms with van der Waals surface area (Å²) in [7, 11) is 0. The van der Waals surface area contributed by atoms with Crippen molar-refractivity contribution in [2.24, 2.45) is 0 Å². The van der Waals surface area contributed by atoms with Gasteiger partial charge in [-0.15, -0.1) is 0 Å². The number of aliphatic hydroxyl groups excluding tert-OH is 1. The van der Waals surface area contributed by atoms with Gasteiger partial charge in [-0.1, -0.05) is 18.2 Å². The molecule has 0 aliphatic heterocycles. The van der Waals surface area contributed by atoms with Crippen LogP contribution in [-0.4, -0.2) is 16.1 Å². The molecule has 0 radical (unpaired) electrons. The molecule has 0 aliphatic carbocycles. The van der Waals surface area contributed by atoms with E-state index in [0.717, 1.165) is 11.3 Å². The number of halogens is 1. The fourth-order valence-corrected chi connectivity index (χ4v) is 2.02. The molecule has 0 aliphatic rings. The van der Waals surface area contributed by atoms with Crippen molar-refractivity contribution in [1.82, 2.24) is 10.3 Å². The van der Waals surface area contributed by atoms with Crippen molar-refractivity contribution in [2.45, 2.75) is 32.0 Å². The Labute approximate surface area is 118 Å². The summed E-state index contributed by atoms with van der Waals surface area (Å²) in [6, 6.07) is 11.9. The zero-order valence-electron chi connectivity index (χ0n) is 11.5. The molecule has 2 atom stereocenters. The molecular weight excluding hydrogens is 255 g/mol. The van der Waals surface area contributed by atoms with Crippen LogP contribution >= 0.6 is 0 Å². The summed E-state index contributed by atoms with van der Waals surface area (Å²) in [5, 5.41) is 13.4. The van der Waals surface area contributed by atoms with Crippen molar-refractivity contribution < 1.29 is 9.50 Å². The molecule has 0 saturated carbocycles. The molecule has 3 nitrogen and oxygen atoms in total. The van der Waals surface area contributed by atoms with Crippen molar-refractivity contribution >= 4 is 0 Å². The quantitative estimate of drug-likeness (QED) is 0.851. The molecule has 1 aromatic heterocycles. The number of hydrogen-bond acceptors (Lipinski definition) is 3. The van der Waals surface area contributed by atoms with E-state index < -0.39 is 6.10 Å². The van der Waals surface area contributed by atoms with Gasteiger partial charge in [0.05, 0.1) is 11.8 Å². The Morgan fingerprint density at radius 3 is 2.60 bits per heavy atom. The van der Waals surface area contributed by atoms with Crippen LogP contribution in [0.3, 0.4) is 0 Å². The fraction of sp³-hybridized carbons (Fsp3) is 0.312. The highest BCUT2D eigenvalue weighted by Gasteiger charge is 2.12. The minimum absolute atomic E-state index is 0.136. The van der Waals surface area contributed by atoms with Crippen LogP contribution in [0.1, 0.15) is 30.7 Å². The van der Waals surface area contributed by atoms with Gasteiger partial charge in [-0.25, -0.2) is 4.39 Å². The van der Waals surface area contributed by atoms with Crippen LogP contribution in [0, 0.1) is 5.82 Å². The molecule has 0 bridgehead atoms. The van der Waals surface area contributed by atoms with E-state index in [0.29, 0.717) is 13.0 Å². The molecule has 1 heterocycles. The molecule has 2 rings (SSSR count). The maximum Gasteiger partial charge on any atom is 0.123 e. The molecule has 2 aromatic rings. The number of aliphatic hydroxyl groups is 1. The van der Waals surface area contributed by atoms with E-state index in [1.807, 2.05) is 25.1 Å². The van der Waals surface area contributed by atoms with Gasteiger partial charge in [0, 0.05) is 18.8 Å². The molecule has 20 heavy (non-hydrogen) atoms. The lowest BCUT2D eigenvalue weighted by Gasteiger charge is -2.18. The number of nitrogens with one attached hydrogen (secondary N) is 1. The Morgan fingerprint density at radius 2 is 1.95 bits per heavy atom. The number of hydrogen-bond donors (Lipinski definition) is 2. The van der Waals surface area contributed by atoms with Gasteiger partial charge in [-0.3, -0.25) is 4.98 Å². The third-order valence-corrected chi connectivity index (χ3v) is 3.19. The van der Waals surface area contributed by atoms with Crippen LogP contribution in [-0.2, 0) is 6.54 Å². The molecule has 2 N–H and O–H groups in total. The molecule has 4 heteroatoms. The first-order chi connectivity index (χ1) is 9.65. The highest BCUT2D eigenvalue weighted by atomic mass is 19.1. The second-order valence-corrected chi connectivity index (χ2v) is 4.91. The number of aromatic nitrogens is 1. The molecule has 0 fully saturated rings. The highest BCUT2D eigenvalue weighted by molar-refractivity contribution is 5.18. The Bertz CT molecular complexity index is 516. The first-order valence-corrected chi connectivity index (χ1v) is 6.72. The van der Waals surface area contributed by atoms with Crippen molar-refractivity contribution in [3.05, 3.63) is 65.7 Å². The lowest BCUT2D eigenvalue weighted by molar-refractivity contribution is 0.153. The Morgan fingerprint density at radius 1 is 1.20 bits per heavy atom. The predicted molar refractivity (Wildman–Crippen MR) is 76.5 cm³/mol. The molecule has 1 aromatic carbocycles. The lowest BCUT2D eigenvalue weighted by Crippen LogP contribution is -2.27. The van der Waals surface area contributed by atoms with E-state index in [1.165, 1.54) is 12.1 Å². The second kappa shape index (κ2) is 7.12. The van der Waals surface area contributed by atoms with Crippen molar-refractivity contribution in [1.29, 1.82) is 0 Å². The SMILES string of the molecule is C[C@H](C[C@@H](O)c1ccc(F)cc1)NCc1ccccn1. The van der Waals surface area contributed by atoms with E-state index in [9.17, 15) is 9.50 Å². The maximum atomic E-state index is 12.8. The third-order valence-electron chi connectivity index (χ3n) is 3.19. The Balaban J connectivity index is 1.82. The van der Waals surface area contributed by atoms with Gasteiger partial charge in [0.1, 0.15) is 5.82 Å². The number of pyridine rings is 1. The summed E-state index contributed by atoms with van der Waals surface area (Å²) < 4.78 is 12.8. The minimum atomic E-state index is -0.596. The van der Waals surface area contributed by atoms with Gasteiger partial charge < -0.3 is 10.4 Å². The Kier molecular flexibility index (Phi) is 5.21. The standard InChI is InChI=1S/C16H19FN2O/c1-12(19-11-15-4-2-3-9-18-15)10-16(20)13-5-7-14(17)8-6-13/h2-9,12,16,19-20H,10-11H2,1H3/t12-,16-/m1/s1. The van der Waals surface area contributed by atoms with Gasteiger partial charge in [-0.2, -0.15) is 0 Å². The fourth-order valence-electron chi connectivity index (χ4n) is 2.02. The number of rotatable bonds is 6. The van der Waals surface area contributed by atoms with Crippen LogP contribution in [0.5, 0.6) is 0 Å². The summed E-state index contributed by atoms with van der Waals surface area (Å²) in [4.78, 5) is 4.23. The zero-order valence-corrected chi connectivity index (χ0v) is 11.5. The smallest absolute Gasteiger partial charge is 0.123 e. The number of benzene rings is 1. The van der Waals surface area contributed by atoms with Crippen molar-refractivity contribution in [3.63, 3.8) is 0 Å². The highest BCUT2D eigenvalue weighted by Crippen LogP contribution is 2.18. The minimum Gasteiger partial charge on any atom is -0.388 e. The van der Waals surface area contributed by atoms with Gasteiger partial charge in [0.25, 0.3) is 0 Å². The summed E-state index contributed by atoms with van der Waals surface area (Å²) in [6.07, 6.45) is 1.73. The van der Waals surface area contributed by atoms with Crippen molar-refractivity contribution in [3.8, 4) is 0 Å². The average molecular weight is 274 g/mol. The van der Waals surface area contributed by atoms with Gasteiger partial charge in [0.2, 0.25) is 0 Å². The van der Waals surface area contributed by atoms with Gasteiger partial charge >= 0.3 is 0 Å². The molecular formula is C16H19FN2O. The largest absolute Gasteiger partial charge is 0.388 e. The summed E-state index contributed by atoms with van der Waals surface area (Å²) in [5.74, 6) is -0.290. The van der Waals surface area contributed by atoms with E-state index in [2.05, 4.69) is 10.3 Å². The molecule has 106 valence electrons. The van der Waals surface area contributed by atoms with E-state index in [4.69, 9.17) is 0 Å². The van der Waals surface area contributed by atoms with Gasteiger partial charge in [-0.05, 0) is 43.2 Å². The first-order valence-electron chi connectivity index (χ1n) is 6.72. The zero-order chi connectivity index (χ0) is 14.4. The second-order valence-electron chi connectivity index (χ2n) is 4.91. The Hall–Kier alpha value is -1.78. The van der Waals surface area contributed by atoms with E-state index >= 15 is 0 Å². The van der Waals surface area contributed by atoms with Crippen LogP contribution in [0.4, 0.5) is 4.39 Å². The van der Waals surface area contributed by atoms with Crippen LogP contribution in [0.2, 0.25) is 0 Å². The average Bonchev–Trinajstić information content (AvgIpc) is 2.47. The summed E-state index contributed by atoms with van der Waals surface area (Å²) >= 11 is 0. The normalized spacial score (nSPS) is 13.9. The first kappa shape index (κ1) is 14.6. The number of nitrogens with zero attached hydrogens (tertiary/aromatic N) is 1.